The van der Waals surface area contributed by atoms with E-state index >= 15 is 0 Å². The fraction of sp³-hybridized carbons (Fsp3) is 0.261. The van der Waals surface area contributed by atoms with Gasteiger partial charge in [-0.3, -0.25) is 4.79 Å². The van der Waals surface area contributed by atoms with Crippen molar-refractivity contribution in [2.75, 3.05) is 7.11 Å². The fourth-order valence-corrected chi connectivity index (χ4v) is 3.39. The highest BCUT2D eigenvalue weighted by atomic mass is 32.2. The van der Waals surface area contributed by atoms with E-state index < -0.39 is 22.9 Å². The van der Waals surface area contributed by atoms with E-state index in [-0.39, 0.29) is 22.9 Å². The first kappa shape index (κ1) is 25.9. The first-order chi connectivity index (χ1) is 14.9. The van der Waals surface area contributed by atoms with Crippen molar-refractivity contribution < 1.29 is 13.5 Å². The molecule has 0 saturated carbocycles. The second-order valence-electron chi connectivity index (χ2n) is 5.84. The van der Waals surface area contributed by atoms with Gasteiger partial charge >= 0.3 is 0 Å². The summed E-state index contributed by atoms with van der Waals surface area (Å²) in [5.41, 5.74) is 0.866. The van der Waals surface area contributed by atoms with Crippen molar-refractivity contribution in [3.63, 3.8) is 0 Å². The lowest BCUT2D eigenvalue weighted by atomic mass is 10.1. The Labute approximate surface area is 185 Å². The number of rotatable bonds is 8. The maximum Gasteiger partial charge on any atom is 0.269 e. The molecule has 0 aliphatic heterocycles. The van der Waals surface area contributed by atoms with Crippen LogP contribution in [0.3, 0.4) is 0 Å². The van der Waals surface area contributed by atoms with Crippen LogP contribution in [-0.4, -0.2) is 17.1 Å². The number of ether oxygens (including phenoxy) is 1. The van der Waals surface area contributed by atoms with Crippen molar-refractivity contribution >= 4 is 11.8 Å². The Kier molecular flexibility index (Phi) is 11.0. The van der Waals surface area contributed by atoms with Crippen LogP contribution in [0.4, 0.5) is 8.78 Å². The lowest BCUT2D eigenvalue weighted by Crippen LogP contribution is -2.17. The second kappa shape index (κ2) is 13.2. The molecular weight excluding hydrogens is 420 g/mol. The van der Waals surface area contributed by atoms with Crippen LogP contribution < -0.4 is 10.3 Å². The van der Waals surface area contributed by atoms with E-state index in [1.54, 1.807) is 12.2 Å². The summed E-state index contributed by atoms with van der Waals surface area (Å²) in [5.74, 6) is -1.90. The van der Waals surface area contributed by atoms with Crippen LogP contribution in [0.15, 0.2) is 58.5 Å². The van der Waals surface area contributed by atoms with Crippen LogP contribution >= 0.6 is 11.8 Å². The molecule has 2 rings (SSSR count). The number of thioether (sulfide) groups is 1. The molecule has 0 aliphatic carbocycles. The van der Waals surface area contributed by atoms with E-state index in [1.807, 2.05) is 39.0 Å². The van der Waals surface area contributed by atoms with Crippen LogP contribution in [0, 0.1) is 23.0 Å². The largest absolute Gasteiger partial charge is 0.491 e. The summed E-state index contributed by atoms with van der Waals surface area (Å²) in [6, 6.07) is 4.20. The number of hydrogen-bond acceptors (Lipinski definition) is 5. The van der Waals surface area contributed by atoms with Crippen LogP contribution in [-0.2, 0) is 12.2 Å². The van der Waals surface area contributed by atoms with Crippen LogP contribution in [0.1, 0.15) is 37.6 Å². The normalized spacial score (nSPS) is 10.9. The topological polar surface area (TPSA) is 78.8 Å². The lowest BCUT2D eigenvalue weighted by molar-refractivity contribution is 0.359. The number of benzene rings is 1. The molecule has 8 heteroatoms. The molecule has 0 bridgehead atoms. The van der Waals surface area contributed by atoms with Crippen molar-refractivity contribution in [2.24, 2.45) is 0 Å². The van der Waals surface area contributed by atoms with Gasteiger partial charge in [-0.15, -0.1) is 0 Å². The number of aromatic amines is 1. The van der Waals surface area contributed by atoms with Gasteiger partial charge in [0.2, 0.25) is 0 Å². The minimum Gasteiger partial charge on any atom is -0.491 e. The molecular formula is C23H25F2N3O2S. The predicted molar refractivity (Wildman–Crippen MR) is 120 cm³/mol. The van der Waals surface area contributed by atoms with E-state index in [9.17, 15) is 18.8 Å². The Morgan fingerprint density at radius 2 is 2.00 bits per heavy atom. The third-order valence-electron chi connectivity index (χ3n) is 3.81. The first-order valence-corrected chi connectivity index (χ1v) is 10.5. The van der Waals surface area contributed by atoms with Crippen molar-refractivity contribution in [3.8, 4) is 11.8 Å². The molecule has 5 nitrogen and oxygen atoms in total. The summed E-state index contributed by atoms with van der Waals surface area (Å²) in [7, 11) is 1.19. The number of nitriles is 1. The molecule has 0 fully saturated rings. The van der Waals surface area contributed by atoms with Crippen molar-refractivity contribution in [2.45, 2.75) is 38.1 Å². The molecule has 1 N–H and O–H groups in total. The lowest BCUT2D eigenvalue weighted by Gasteiger charge is -2.08. The van der Waals surface area contributed by atoms with E-state index in [4.69, 9.17) is 0 Å². The summed E-state index contributed by atoms with van der Waals surface area (Å²) < 4.78 is 32.4. The molecule has 1 aromatic carbocycles. The van der Waals surface area contributed by atoms with Crippen molar-refractivity contribution in [3.05, 3.63) is 87.4 Å². The molecule has 0 radical (unpaired) electrons. The van der Waals surface area contributed by atoms with Gasteiger partial charge in [0.25, 0.3) is 5.56 Å². The third-order valence-corrected chi connectivity index (χ3v) is 4.75. The van der Waals surface area contributed by atoms with E-state index in [1.165, 1.54) is 7.11 Å². The minimum atomic E-state index is -0.810. The molecule has 0 amide bonds. The highest BCUT2D eigenvalue weighted by molar-refractivity contribution is 7.98. The van der Waals surface area contributed by atoms with Crippen molar-refractivity contribution in [1.82, 2.24) is 9.97 Å². The average molecular weight is 446 g/mol. The highest BCUT2D eigenvalue weighted by Crippen LogP contribution is 2.26. The zero-order chi connectivity index (χ0) is 23.4. The first-order valence-electron chi connectivity index (χ1n) is 9.55. The Morgan fingerprint density at radius 3 is 2.52 bits per heavy atom. The van der Waals surface area contributed by atoms with Gasteiger partial charge in [-0.05, 0) is 30.2 Å². The third kappa shape index (κ3) is 7.23. The van der Waals surface area contributed by atoms with Gasteiger partial charge in [0.1, 0.15) is 11.6 Å². The molecule has 0 spiro atoms. The Morgan fingerprint density at radius 1 is 1.35 bits per heavy atom. The number of aromatic nitrogens is 2. The average Bonchev–Trinajstić information content (AvgIpc) is 2.74. The molecule has 0 unspecified atom stereocenters. The Balaban J connectivity index is 0.00000233. The molecule has 0 saturated heterocycles. The van der Waals surface area contributed by atoms with E-state index in [2.05, 4.69) is 21.3 Å². The molecule has 0 atom stereocenters. The number of hydrogen-bond donors (Lipinski definition) is 1. The summed E-state index contributed by atoms with van der Waals surface area (Å²) in [4.78, 5) is 19.2. The van der Waals surface area contributed by atoms with Crippen LogP contribution in [0.25, 0.3) is 0 Å². The Hall–Kier alpha value is -3.18. The summed E-state index contributed by atoms with van der Waals surface area (Å²) in [5, 5.41) is 9.56. The summed E-state index contributed by atoms with van der Waals surface area (Å²) in [6.45, 7) is 9.50. The number of methoxy groups -OCH3 is 1. The maximum atomic E-state index is 13.8. The monoisotopic (exact) mass is 445 g/mol. The van der Waals surface area contributed by atoms with Crippen molar-refractivity contribution in [1.29, 1.82) is 5.26 Å². The quantitative estimate of drug-likeness (QED) is 0.331. The summed E-state index contributed by atoms with van der Waals surface area (Å²) in [6.07, 6.45) is 7.30. The zero-order valence-corrected chi connectivity index (χ0v) is 18.8. The van der Waals surface area contributed by atoms with Gasteiger partial charge in [0.15, 0.2) is 22.5 Å². The van der Waals surface area contributed by atoms with Gasteiger partial charge in [-0.1, -0.05) is 56.5 Å². The number of nitrogens with zero attached hydrogens (tertiary/aromatic N) is 2. The van der Waals surface area contributed by atoms with Crippen LogP contribution in [0.5, 0.6) is 5.75 Å². The molecule has 2 aromatic rings. The standard InChI is InChI=1S/C21H19F2N3O2S.C2H6/c1-4-6-13(7-5-2)10-18-15(11-24)20(27)26-21(25-18)29-12-14-8-16(22)19(28-3)17(23)9-14;1-2/h4-9H,1,10,12H2,2-3H3,(H,25,26,27);1-2H3/b7-5-,13-6+;. The predicted octanol–water partition coefficient (Wildman–Crippen LogP) is 5.48. The molecule has 0 aliphatic rings. The van der Waals surface area contributed by atoms with E-state index in [0.717, 1.165) is 29.5 Å². The highest BCUT2D eigenvalue weighted by Gasteiger charge is 2.15. The van der Waals surface area contributed by atoms with Gasteiger partial charge in [0.05, 0.1) is 12.8 Å². The number of nitrogens with one attached hydrogen (secondary N) is 1. The number of allylic oxidation sites excluding steroid dienone is 5. The van der Waals surface area contributed by atoms with Gasteiger partial charge in [0, 0.05) is 12.2 Å². The summed E-state index contributed by atoms with van der Waals surface area (Å²) >= 11 is 1.10. The van der Waals surface area contributed by atoms with Gasteiger partial charge in [-0.2, -0.15) is 5.26 Å². The number of H-pyrrole nitrogens is 1. The Bertz CT molecular complexity index is 1050. The fourth-order valence-electron chi connectivity index (χ4n) is 2.58. The van der Waals surface area contributed by atoms with Gasteiger partial charge < -0.3 is 9.72 Å². The minimum absolute atomic E-state index is 0.0737. The SMILES string of the molecule is C=C/C=C(\C=C/C)Cc1nc(SCc2cc(F)c(OC)c(F)c2)[nH]c(=O)c1C#N.CC. The molecule has 31 heavy (non-hydrogen) atoms. The van der Waals surface area contributed by atoms with Crippen LogP contribution in [0.2, 0.25) is 0 Å². The van der Waals surface area contributed by atoms with Gasteiger partial charge in [-0.25, -0.2) is 13.8 Å². The molecule has 1 heterocycles. The van der Waals surface area contributed by atoms with E-state index in [0.29, 0.717) is 11.3 Å². The zero-order valence-electron chi connectivity index (χ0n) is 18.0. The second-order valence-corrected chi connectivity index (χ2v) is 6.80. The maximum absolute atomic E-state index is 13.8. The molecule has 164 valence electrons. The molecule has 1 aromatic heterocycles. The number of halogens is 2. The smallest absolute Gasteiger partial charge is 0.269 e.